The molecule has 120 valence electrons. The van der Waals surface area contributed by atoms with Gasteiger partial charge in [0.1, 0.15) is 11.8 Å². The van der Waals surface area contributed by atoms with Gasteiger partial charge in [-0.3, -0.25) is 14.4 Å². The second kappa shape index (κ2) is 7.11. The highest BCUT2D eigenvalue weighted by molar-refractivity contribution is 5.87. The smallest absolute Gasteiger partial charge is 0.243 e. The Morgan fingerprint density at radius 3 is 2.91 bits per heavy atom. The molecule has 1 heterocycles. The molecule has 1 aromatic heterocycles. The van der Waals surface area contributed by atoms with E-state index >= 15 is 0 Å². The molecule has 4 N–H and O–H groups in total. The van der Waals surface area contributed by atoms with Gasteiger partial charge in [-0.15, -0.1) is 0 Å². The molecule has 0 radical (unpaired) electrons. The molecule has 0 saturated heterocycles. The molecule has 1 aliphatic carbocycles. The van der Waals surface area contributed by atoms with E-state index < -0.39 is 11.9 Å². The summed E-state index contributed by atoms with van der Waals surface area (Å²) in [7, 11) is 0. The third kappa shape index (κ3) is 4.09. The van der Waals surface area contributed by atoms with Crippen molar-refractivity contribution in [1.82, 2.24) is 10.6 Å². The Bertz CT molecular complexity index is 567. The molecule has 0 saturated carbocycles. The van der Waals surface area contributed by atoms with Gasteiger partial charge in [0.05, 0.1) is 12.3 Å². The fourth-order valence-corrected chi connectivity index (χ4v) is 2.70. The van der Waals surface area contributed by atoms with Crippen LogP contribution in [0, 0.1) is 0 Å². The minimum atomic E-state index is -0.773. The number of furan rings is 1. The topological polar surface area (TPSA) is 114 Å². The van der Waals surface area contributed by atoms with Gasteiger partial charge in [0.15, 0.2) is 0 Å². The maximum absolute atomic E-state index is 12.4. The van der Waals surface area contributed by atoms with Crippen molar-refractivity contribution >= 4 is 17.7 Å². The van der Waals surface area contributed by atoms with Gasteiger partial charge in [0.2, 0.25) is 17.7 Å². The summed E-state index contributed by atoms with van der Waals surface area (Å²) >= 11 is 0. The lowest BCUT2D eigenvalue weighted by Crippen LogP contribution is -2.47. The predicted octanol–water partition coefficient (Wildman–Crippen LogP) is 0.543. The molecule has 22 heavy (non-hydrogen) atoms. The van der Waals surface area contributed by atoms with E-state index in [0.717, 1.165) is 30.6 Å². The summed E-state index contributed by atoms with van der Waals surface area (Å²) in [6.45, 7) is 1.33. The molecule has 1 aromatic rings. The fourth-order valence-electron chi connectivity index (χ4n) is 2.70. The van der Waals surface area contributed by atoms with Crippen molar-refractivity contribution in [2.75, 3.05) is 0 Å². The Hall–Kier alpha value is -2.31. The number of rotatable bonds is 6. The van der Waals surface area contributed by atoms with Gasteiger partial charge in [-0.1, -0.05) is 0 Å². The number of nitrogens with two attached hydrogens (primary N) is 1. The summed E-state index contributed by atoms with van der Waals surface area (Å²) < 4.78 is 5.45. The van der Waals surface area contributed by atoms with Crippen LogP contribution in [0.25, 0.3) is 0 Å². The number of amides is 3. The van der Waals surface area contributed by atoms with Crippen molar-refractivity contribution in [3.05, 3.63) is 23.7 Å². The van der Waals surface area contributed by atoms with Crippen molar-refractivity contribution in [2.45, 2.75) is 51.1 Å². The highest BCUT2D eigenvalue weighted by Gasteiger charge is 2.28. The maximum Gasteiger partial charge on any atom is 0.243 e. The van der Waals surface area contributed by atoms with Gasteiger partial charge in [0, 0.05) is 13.3 Å². The number of fused-ring (bicyclic) bond motifs is 1. The molecule has 1 unspecified atom stereocenters. The first-order valence-corrected chi connectivity index (χ1v) is 7.39. The van der Waals surface area contributed by atoms with E-state index in [1.54, 1.807) is 6.26 Å². The first-order chi connectivity index (χ1) is 10.5. The second-order valence-corrected chi connectivity index (χ2v) is 5.52. The lowest BCUT2D eigenvalue weighted by molar-refractivity contribution is -0.129. The molecule has 0 fully saturated rings. The van der Waals surface area contributed by atoms with E-state index in [0.29, 0.717) is 0 Å². The summed E-state index contributed by atoms with van der Waals surface area (Å²) in [4.78, 5) is 34.5. The highest BCUT2D eigenvalue weighted by Crippen LogP contribution is 2.30. The van der Waals surface area contributed by atoms with E-state index in [4.69, 9.17) is 10.2 Å². The van der Waals surface area contributed by atoms with Crippen molar-refractivity contribution in [1.29, 1.82) is 0 Å². The van der Waals surface area contributed by atoms with E-state index in [9.17, 15) is 14.4 Å². The van der Waals surface area contributed by atoms with E-state index in [-0.39, 0.29) is 30.7 Å². The van der Waals surface area contributed by atoms with E-state index in [1.165, 1.54) is 6.92 Å². The predicted molar refractivity (Wildman–Crippen MR) is 78.6 cm³/mol. The van der Waals surface area contributed by atoms with Crippen LogP contribution in [-0.2, 0) is 20.8 Å². The number of carbonyl (C=O) groups excluding carboxylic acids is 3. The van der Waals surface area contributed by atoms with Crippen molar-refractivity contribution in [3.8, 4) is 0 Å². The van der Waals surface area contributed by atoms with Crippen LogP contribution in [0.5, 0.6) is 0 Å². The van der Waals surface area contributed by atoms with Crippen LogP contribution in [-0.4, -0.2) is 23.8 Å². The van der Waals surface area contributed by atoms with Crippen LogP contribution in [0.3, 0.4) is 0 Å². The van der Waals surface area contributed by atoms with Gasteiger partial charge < -0.3 is 20.8 Å². The summed E-state index contributed by atoms with van der Waals surface area (Å²) in [6.07, 6.45) is 4.52. The third-order valence-corrected chi connectivity index (χ3v) is 3.73. The number of hydrogen-bond acceptors (Lipinski definition) is 4. The quantitative estimate of drug-likeness (QED) is 0.711. The SMILES string of the molecule is CC(=O)N[C@@H](CCC(N)=O)C(=O)NC1CCCc2ccoc21. The standard InChI is InChI=1S/C15H21N3O4/c1-9(19)17-12(5-6-13(16)20)15(21)18-11-4-2-3-10-7-8-22-14(10)11/h7-8,11-12H,2-6H2,1H3,(H2,16,20)(H,17,19)(H,18,21)/t11?,12-/m0/s1. The van der Waals surface area contributed by atoms with Crippen molar-refractivity contribution in [2.24, 2.45) is 5.73 Å². The van der Waals surface area contributed by atoms with Crippen molar-refractivity contribution in [3.63, 3.8) is 0 Å². The Morgan fingerprint density at radius 2 is 2.23 bits per heavy atom. The first-order valence-electron chi connectivity index (χ1n) is 7.39. The summed E-state index contributed by atoms with van der Waals surface area (Å²) in [5.74, 6) is -0.386. The van der Waals surface area contributed by atoms with Gasteiger partial charge in [-0.2, -0.15) is 0 Å². The number of hydrogen-bond donors (Lipinski definition) is 3. The summed E-state index contributed by atoms with van der Waals surface area (Å²) in [6, 6.07) is 0.938. The number of carbonyl (C=O) groups is 3. The molecule has 1 aliphatic rings. The van der Waals surface area contributed by atoms with Gasteiger partial charge in [-0.25, -0.2) is 0 Å². The number of primary amides is 1. The minimum absolute atomic E-state index is 0.0367. The second-order valence-electron chi connectivity index (χ2n) is 5.52. The van der Waals surface area contributed by atoms with Gasteiger partial charge in [0.25, 0.3) is 0 Å². The van der Waals surface area contributed by atoms with Crippen LogP contribution in [0.15, 0.2) is 16.7 Å². The monoisotopic (exact) mass is 307 g/mol. The zero-order valence-corrected chi connectivity index (χ0v) is 12.6. The summed E-state index contributed by atoms with van der Waals surface area (Å²) in [5, 5.41) is 5.44. The van der Waals surface area contributed by atoms with Crippen LogP contribution < -0.4 is 16.4 Å². The average Bonchev–Trinajstić information content (AvgIpc) is 2.92. The fraction of sp³-hybridized carbons (Fsp3) is 0.533. The molecular weight excluding hydrogens is 286 g/mol. The number of aryl methyl sites for hydroxylation is 1. The molecule has 2 atom stereocenters. The lowest BCUT2D eigenvalue weighted by Gasteiger charge is -2.25. The lowest BCUT2D eigenvalue weighted by atomic mass is 9.94. The van der Waals surface area contributed by atoms with Crippen LogP contribution in [0.2, 0.25) is 0 Å². The molecule has 0 spiro atoms. The zero-order chi connectivity index (χ0) is 16.1. The third-order valence-electron chi connectivity index (χ3n) is 3.73. The molecule has 2 rings (SSSR count). The molecule has 7 nitrogen and oxygen atoms in total. The van der Waals surface area contributed by atoms with Gasteiger partial charge in [-0.05, 0) is 37.3 Å². The Balaban J connectivity index is 2.01. The molecule has 0 aromatic carbocycles. The van der Waals surface area contributed by atoms with Gasteiger partial charge >= 0.3 is 0 Å². The highest BCUT2D eigenvalue weighted by atomic mass is 16.3. The van der Waals surface area contributed by atoms with E-state index in [2.05, 4.69) is 10.6 Å². The molecule has 7 heteroatoms. The Labute approximate surface area is 128 Å². The largest absolute Gasteiger partial charge is 0.467 e. The van der Waals surface area contributed by atoms with E-state index in [1.807, 2.05) is 6.07 Å². The normalized spacial score (nSPS) is 18.1. The minimum Gasteiger partial charge on any atom is -0.467 e. The van der Waals surface area contributed by atoms with Crippen LogP contribution in [0.1, 0.15) is 50.0 Å². The summed E-state index contributed by atoms with van der Waals surface area (Å²) in [5.41, 5.74) is 6.21. The molecule has 0 bridgehead atoms. The molecule has 0 aliphatic heterocycles. The molecule has 3 amide bonds. The Kier molecular flexibility index (Phi) is 5.19. The van der Waals surface area contributed by atoms with Crippen molar-refractivity contribution < 1.29 is 18.8 Å². The maximum atomic E-state index is 12.4. The number of nitrogens with one attached hydrogen (secondary N) is 2. The Morgan fingerprint density at radius 1 is 1.45 bits per heavy atom. The molecular formula is C15H21N3O4. The van der Waals surface area contributed by atoms with Crippen LogP contribution in [0.4, 0.5) is 0 Å². The first kappa shape index (κ1) is 16.1. The zero-order valence-electron chi connectivity index (χ0n) is 12.6. The average molecular weight is 307 g/mol. The van der Waals surface area contributed by atoms with Crippen LogP contribution >= 0.6 is 0 Å².